The third kappa shape index (κ3) is 4.90. The Kier molecular flexibility index (Phi) is 5.83. The Morgan fingerprint density at radius 2 is 2.08 bits per heavy atom. The Morgan fingerprint density at radius 3 is 2.84 bits per heavy atom. The highest BCUT2D eigenvalue weighted by Gasteiger charge is 2.23. The number of ether oxygens (including phenoxy) is 2. The molecule has 0 amide bonds. The van der Waals surface area contributed by atoms with Crippen LogP contribution in [-0.4, -0.2) is 24.0 Å². The van der Waals surface area contributed by atoms with Gasteiger partial charge in [0.25, 0.3) is 0 Å². The topological polar surface area (TPSA) is 60.5 Å². The summed E-state index contributed by atoms with van der Waals surface area (Å²) in [5, 5.41) is 3.50. The summed E-state index contributed by atoms with van der Waals surface area (Å²) in [6, 6.07) is 9.24. The number of aromatic nitrogens is 1. The number of hydrogen-bond donors (Lipinski definition) is 1. The van der Waals surface area contributed by atoms with Gasteiger partial charge >= 0.3 is 5.97 Å². The van der Waals surface area contributed by atoms with Gasteiger partial charge in [-0.1, -0.05) is 17.7 Å². The summed E-state index contributed by atoms with van der Waals surface area (Å²) in [5.41, 5.74) is 0.532. The number of halogens is 2. The second kappa shape index (κ2) is 8.27. The van der Waals surface area contributed by atoms with Crippen LogP contribution in [0.1, 0.15) is 18.5 Å². The molecule has 2 heterocycles. The molecule has 0 bridgehead atoms. The molecule has 1 aliphatic rings. The van der Waals surface area contributed by atoms with E-state index in [1.165, 1.54) is 12.1 Å². The number of rotatable bonds is 5. The fourth-order valence-electron chi connectivity index (χ4n) is 2.58. The largest absolute Gasteiger partial charge is 0.484 e. The van der Waals surface area contributed by atoms with Gasteiger partial charge in [0, 0.05) is 11.1 Å². The molecule has 0 atom stereocenters. The lowest BCUT2D eigenvalue weighted by atomic mass is 9.99. The third-order valence-electron chi connectivity index (χ3n) is 3.93. The summed E-state index contributed by atoms with van der Waals surface area (Å²) in [7, 11) is 0. The SMILES string of the molecule is O=C(Oc1cccc(COc2ccc(Cl)cc2F)n1)C1CCNCC1. The molecule has 5 nitrogen and oxygen atoms in total. The molecule has 1 aromatic heterocycles. The zero-order valence-electron chi connectivity index (χ0n) is 13.5. The number of nitrogens with zero attached hydrogens (tertiary/aromatic N) is 1. The maximum absolute atomic E-state index is 13.7. The zero-order valence-corrected chi connectivity index (χ0v) is 14.3. The predicted octanol–water partition coefficient (Wildman–Crippen LogP) is 3.36. The van der Waals surface area contributed by atoms with Crippen molar-refractivity contribution in [1.29, 1.82) is 0 Å². The van der Waals surface area contributed by atoms with Crippen LogP contribution < -0.4 is 14.8 Å². The van der Waals surface area contributed by atoms with Crippen molar-refractivity contribution in [1.82, 2.24) is 10.3 Å². The normalized spacial score (nSPS) is 15.0. The van der Waals surface area contributed by atoms with Crippen LogP contribution in [0.3, 0.4) is 0 Å². The molecule has 1 aromatic carbocycles. The van der Waals surface area contributed by atoms with E-state index >= 15 is 0 Å². The van der Waals surface area contributed by atoms with Gasteiger partial charge in [-0.05, 0) is 50.2 Å². The maximum atomic E-state index is 13.7. The van der Waals surface area contributed by atoms with Gasteiger partial charge in [0.05, 0.1) is 11.6 Å². The van der Waals surface area contributed by atoms with E-state index in [4.69, 9.17) is 21.1 Å². The Bertz CT molecular complexity index is 751. The monoisotopic (exact) mass is 364 g/mol. The van der Waals surface area contributed by atoms with Gasteiger partial charge in [0.2, 0.25) is 5.88 Å². The second-order valence-corrected chi connectivity index (χ2v) is 6.21. The Labute approximate surface area is 150 Å². The molecule has 2 aromatic rings. The van der Waals surface area contributed by atoms with E-state index in [2.05, 4.69) is 10.3 Å². The summed E-state index contributed by atoms with van der Waals surface area (Å²) in [6.07, 6.45) is 1.52. The lowest BCUT2D eigenvalue weighted by molar-refractivity contribution is -0.140. The van der Waals surface area contributed by atoms with Crippen molar-refractivity contribution in [2.24, 2.45) is 5.92 Å². The number of piperidine rings is 1. The van der Waals surface area contributed by atoms with Gasteiger partial charge < -0.3 is 14.8 Å². The third-order valence-corrected chi connectivity index (χ3v) is 4.16. The summed E-state index contributed by atoms with van der Waals surface area (Å²) in [5.74, 6) is -0.604. The van der Waals surface area contributed by atoms with Gasteiger partial charge in [-0.2, -0.15) is 0 Å². The first kappa shape index (κ1) is 17.6. The van der Waals surface area contributed by atoms with Gasteiger partial charge in [-0.25, -0.2) is 9.37 Å². The zero-order chi connectivity index (χ0) is 17.6. The summed E-state index contributed by atoms with van der Waals surface area (Å²) in [6.45, 7) is 1.68. The minimum atomic E-state index is -0.541. The van der Waals surface area contributed by atoms with Gasteiger partial charge in [0.15, 0.2) is 11.6 Å². The summed E-state index contributed by atoms with van der Waals surface area (Å²) < 4.78 is 24.5. The fourth-order valence-corrected chi connectivity index (χ4v) is 2.74. The number of hydrogen-bond acceptors (Lipinski definition) is 5. The molecule has 1 N–H and O–H groups in total. The molecule has 0 spiro atoms. The molecule has 25 heavy (non-hydrogen) atoms. The fraction of sp³-hybridized carbons (Fsp3) is 0.333. The lowest BCUT2D eigenvalue weighted by Crippen LogP contribution is -2.33. The standard InChI is InChI=1S/C18H18ClFN2O3/c19-13-4-5-16(15(20)10-13)24-11-14-2-1-3-17(22-14)25-18(23)12-6-8-21-9-7-12/h1-5,10,12,21H,6-9,11H2. The first-order valence-electron chi connectivity index (χ1n) is 8.08. The van der Waals surface area contributed by atoms with Crippen molar-refractivity contribution in [2.75, 3.05) is 13.1 Å². The number of carbonyl (C=O) groups is 1. The first-order valence-corrected chi connectivity index (χ1v) is 8.46. The summed E-state index contributed by atoms with van der Waals surface area (Å²) >= 11 is 5.71. The minimum absolute atomic E-state index is 0.0529. The molecule has 0 saturated carbocycles. The van der Waals surface area contributed by atoms with E-state index in [1.54, 1.807) is 24.3 Å². The molecule has 132 valence electrons. The maximum Gasteiger partial charge on any atom is 0.315 e. The van der Waals surface area contributed by atoms with Crippen LogP contribution in [0.25, 0.3) is 0 Å². The average molecular weight is 365 g/mol. The second-order valence-electron chi connectivity index (χ2n) is 5.78. The minimum Gasteiger partial charge on any atom is -0.484 e. The number of pyridine rings is 1. The molecular weight excluding hydrogens is 347 g/mol. The average Bonchev–Trinajstić information content (AvgIpc) is 2.62. The molecular formula is C18H18ClFN2O3. The molecule has 3 rings (SSSR count). The van der Waals surface area contributed by atoms with Crippen molar-refractivity contribution in [3.63, 3.8) is 0 Å². The van der Waals surface area contributed by atoms with Crippen LogP contribution >= 0.6 is 11.6 Å². The predicted molar refractivity (Wildman–Crippen MR) is 91.2 cm³/mol. The van der Waals surface area contributed by atoms with E-state index < -0.39 is 5.82 Å². The van der Waals surface area contributed by atoms with E-state index in [-0.39, 0.29) is 30.1 Å². The van der Waals surface area contributed by atoms with Crippen LogP contribution in [0, 0.1) is 11.7 Å². The summed E-state index contributed by atoms with van der Waals surface area (Å²) in [4.78, 5) is 16.4. The highest BCUT2D eigenvalue weighted by Crippen LogP contribution is 2.22. The molecule has 7 heteroatoms. The van der Waals surface area contributed by atoms with Crippen LogP contribution in [0.15, 0.2) is 36.4 Å². The highest BCUT2D eigenvalue weighted by molar-refractivity contribution is 6.30. The van der Waals surface area contributed by atoms with E-state index in [0.29, 0.717) is 10.7 Å². The molecule has 1 saturated heterocycles. The van der Waals surface area contributed by atoms with Gasteiger partial charge in [-0.3, -0.25) is 4.79 Å². The Morgan fingerprint density at radius 1 is 1.28 bits per heavy atom. The Hall–Kier alpha value is -2.18. The quantitative estimate of drug-likeness (QED) is 0.824. The van der Waals surface area contributed by atoms with Gasteiger partial charge in [-0.15, -0.1) is 0 Å². The Balaban J connectivity index is 1.60. The van der Waals surface area contributed by atoms with Crippen molar-refractivity contribution >= 4 is 17.6 Å². The number of nitrogens with one attached hydrogen (secondary N) is 1. The molecule has 0 radical (unpaired) electrons. The van der Waals surface area contributed by atoms with Crippen molar-refractivity contribution in [3.05, 3.63) is 52.9 Å². The molecule has 1 fully saturated rings. The molecule has 0 unspecified atom stereocenters. The van der Waals surface area contributed by atoms with Crippen molar-refractivity contribution in [3.8, 4) is 11.6 Å². The van der Waals surface area contributed by atoms with Crippen molar-refractivity contribution < 1.29 is 18.7 Å². The van der Waals surface area contributed by atoms with E-state index in [1.807, 2.05) is 0 Å². The van der Waals surface area contributed by atoms with Gasteiger partial charge in [0.1, 0.15) is 6.61 Å². The smallest absolute Gasteiger partial charge is 0.315 e. The number of esters is 1. The molecule has 1 aliphatic heterocycles. The van der Waals surface area contributed by atoms with Crippen LogP contribution in [-0.2, 0) is 11.4 Å². The van der Waals surface area contributed by atoms with E-state index in [0.717, 1.165) is 25.9 Å². The first-order chi connectivity index (χ1) is 12.1. The lowest BCUT2D eigenvalue weighted by Gasteiger charge is -2.20. The number of carbonyl (C=O) groups excluding carboxylic acids is 1. The van der Waals surface area contributed by atoms with Crippen LogP contribution in [0.2, 0.25) is 5.02 Å². The van der Waals surface area contributed by atoms with Crippen molar-refractivity contribution in [2.45, 2.75) is 19.4 Å². The van der Waals surface area contributed by atoms with Crippen LogP contribution in [0.5, 0.6) is 11.6 Å². The molecule has 0 aliphatic carbocycles. The van der Waals surface area contributed by atoms with Crippen LogP contribution in [0.4, 0.5) is 4.39 Å². The number of benzene rings is 1. The highest BCUT2D eigenvalue weighted by atomic mass is 35.5. The van der Waals surface area contributed by atoms with E-state index in [9.17, 15) is 9.18 Å².